The lowest BCUT2D eigenvalue weighted by molar-refractivity contribution is 0.121. The van der Waals surface area contributed by atoms with Crippen LogP contribution in [0.1, 0.15) is 19.4 Å². The molecule has 0 unspecified atom stereocenters. The lowest BCUT2D eigenvalue weighted by Crippen LogP contribution is -2.36. The molecule has 108 valence electrons. The Labute approximate surface area is 115 Å². The van der Waals surface area contributed by atoms with Crippen molar-refractivity contribution in [2.45, 2.75) is 20.0 Å². The maximum absolute atomic E-state index is 13.1. The number of hydrogen-bond donors (Lipinski definition) is 2. The van der Waals surface area contributed by atoms with Crippen molar-refractivity contribution in [3.05, 3.63) is 29.6 Å². The minimum absolute atomic E-state index is 0.0622. The Morgan fingerprint density at radius 1 is 1.45 bits per heavy atom. The quantitative estimate of drug-likeness (QED) is 0.875. The van der Waals surface area contributed by atoms with Gasteiger partial charge in [0.05, 0.1) is 17.4 Å². The Hall–Kier alpha value is -2.34. The van der Waals surface area contributed by atoms with Gasteiger partial charge in [-0.05, 0) is 32.0 Å². The molecule has 2 N–H and O–H groups in total. The van der Waals surface area contributed by atoms with Gasteiger partial charge in [-0.1, -0.05) is 0 Å². The number of ether oxygens (including phenoxy) is 1. The molecule has 0 fully saturated rings. The second kappa shape index (κ2) is 6.21. The first kappa shape index (κ1) is 15.7. The minimum Gasteiger partial charge on any atom is -0.446 e. The highest BCUT2D eigenvalue weighted by molar-refractivity contribution is 7.91. The molecule has 0 aliphatic heterocycles. The highest BCUT2D eigenvalue weighted by atomic mass is 32.2. The second-order valence-corrected chi connectivity index (χ2v) is 5.38. The third-order valence-electron chi connectivity index (χ3n) is 1.90. The van der Waals surface area contributed by atoms with Crippen LogP contribution in [0.5, 0.6) is 0 Å². The number of rotatable bonds is 4. The summed E-state index contributed by atoms with van der Waals surface area (Å²) in [6.45, 7) is 3.11. The van der Waals surface area contributed by atoms with Crippen molar-refractivity contribution < 1.29 is 22.3 Å². The van der Waals surface area contributed by atoms with Gasteiger partial charge in [0.15, 0.2) is 0 Å². The van der Waals surface area contributed by atoms with E-state index in [1.807, 2.05) is 4.72 Å². The van der Waals surface area contributed by atoms with Crippen molar-refractivity contribution in [3.63, 3.8) is 0 Å². The van der Waals surface area contributed by atoms with Crippen molar-refractivity contribution in [3.8, 4) is 6.07 Å². The van der Waals surface area contributed by atoms with Crippen molar-refractivity contribution >= 4 is 22.0 Å². The van der Waals surface area contributed by atoms with E-state index in [2.05, 4.69) is 4.74 Å². The average molecular weight is 301 g/mol. The molecule has 1 aromatic carbocycles. The number of carbonyl (C=O) groups is 1. The largest absolute Gasteiger partial charge is 0.446 e. The maximum Gasteiger partial charge on any atom is 0.422 e. The van der Waals surface area contributed by atoms with Crippen molar-refractivity contribution in [1.82, 2.24) is 4.72 Å². The lowest BCUT2D eigenvalue weighted by atomic mass is 10.2. The third-order valence-corrected chi connectivity index (χ3v) is 2.84. The molecule has 0 saturated carbocycles. The topological polar surface area (TPSA) is 108 Å². The van der Waals surface area contributed by atoms with Crippen LogP contribution in [-0.2, 0) is 14.9 Å². The summed E-state index contributed by atoms with van der Waals surface area (Å²) in [4.78, 5) is 11.2. The molecule has 20 heavy (non-hydrogen) atoms. The van der Waals surface area contributed by atoms with E-state index in [0.29, 0.717) is 0 Å². The first-order valence-corrected chi connectivity index (χ1v) is 6.92. The summed E-state index contributed by atoms with van der Waals surface area (Å²) in [5, 5.41) is 8.63. The normalized spacial score (nSPS) is 10.8. The third kappa shape index (κ3) is 4.74. The summed E-state index contributed by atoms with van der Waals surface area (Å²) in [7, 11) is -4.22. The van der Waals surface area contributed by atoms with E-state index in [0.717, 1.165) is 18.2 Å². The van der Waals surface area contributed by atoms with E-state index < -0.39 is 28.2 Å². The van der Waals surface area contributed by atoms with Crippen LogP contribution < -0.4 is 9.44 Å². The summed E-state index contributed by atoms with van der Waals surface area (Å²) in [5.41, 5.74) is -0.386. The number of nitrogens with one attached hydrogen (secondary N) is 2. The number of carbonyl (C=O) groups excluding carboxylic acids is 1. The fourth-order valence-corrected chi connectivity index (χ4v) is 1.96. The SMILES string of the molecule is CC(C)OC(=O)NS(=O)(=O)Nc1ccc(F)c(C#N)c1. The molecular weight excluding hydrogens is 289 g/mol. The fourth-order valence-electron chi connectivity index (χ4n) is 1.20. The molecule has 0 saturated heterocycles. The Kier molecular flexibility index (Phi) is 4.88. The van der Waals surface area contributed by atoms with E-state index in [4.69, 9.17) is 5.26 Å². The molecule has 0 aliphatic rings. The molecule has 0 aromatic heterocycles. The van der Waals surface area contributed by atoms with E-state index in [1.54, 1.807) is 24.6 Å². The first-order valence-electron chi connectivity index (χ1n) is 5.44. The lowest BCUT2D eigenvalue weighted by Gasteiger charge is -2.11. The van der Waals surface area contributed by atoms with Gasteiger partial charge in [0.2, 0.25) is 0 Å². The second-order valence-electron chi connectivity index (χ2n) is 3.97. The Bertz CT molecular complexity index is 652. The van der Waals surface area contributed by atoms with Gasteiger partial charge in [-0.3, -0.25) is 4.72 Å². The van der Waals surface area contributed by atoms with Crippen LogP contribution in [0.4, 0.5) is 14.9 Å². The molecule has 0 bridgehead atoms. The van der Waals surface area contributed by atoms with Gasteiger partial charge in [0, 0.05) is 0 Å². The van der Waals surface area contributed by atoms with Gasteiger partial charge in [-0.15, -0.1) is 0 Å². The zero-order valence-electron chi connectivity index (χ0n) is 10.7. The number of nitriles is 1. The minimum atomic E-state index is -4.22. The zero-order chi connectivity index (χ0) is 15.3. The van der Waals surface area contributed by atoms with Gasteiger partial charge in [-0.25, -0.2) is 13.9 Å². The average Bonchev–Trinajstić information content (AvgIpc) is 2.29. The van der Waals surface area contributed by atoms with Crippen LogP contribution in [0, 0.1) is 17.1 Å². The molecule has 0 atom stereocenters. The van der Waals surface area contributed by atoms with Crippen LogP contribution in [0.15, 0.2) is 18.2 Å². The van der Waals surface area contributed by atoms with Crippen LogP contribution >= 0.6 is 0 Å². The van der Waals surface area contributed by atoms with Crippen LogP contribution in [0.2, 0.25) is 0 Å². The predicted molar refractivity (Wildman–Crippen MR) is 68.4 cm³/mol. The summed E-state index contributed by atoms with van der Waals surface area (Å²) in [6, 6.07) is 4.62. The van der Waals surface area contributed by atoms with Crippen LogP contribution in [0.3, 0.4) is 0 Å². The molecular formula is C11H12FN3O4S. The van der Waals surface area contributed by atoms with E-state index in [-0.39, 0.29) is 11.3 Å². The van der Waals surface area contributed by atoms with Crippen molar-refractivity contribution in [2.75, 3.05) is 4.72 Å². The van der Waals surface area contributed by atoms with Gasteiger partial charge < -0.3 is 4.74 Å². The molecule has 7 nitrogen and oxygen atoms in total. The summed E-state index contributed by atoms with van der Waals surface area (Å²) >= 11 is 0. The van der Waals surface area contributed by atoms with Crippen LogP contribution in [-0.4, -0.2) is 20.6 Å². The van der Waals surface area contributed by atoms with Gasteiger partial charge in [-0.2, -0.15) is 13.7 Å². The molecule has 0 spiro atoms. The van der Waals surface area contributed by atoms with Crippen LogP contribution in [0.25, 0.3) is 0 Å². The summed E-state index contributed by atoms with van der Waals surface area (Å²) in [5.74, 6) is -0.775. The molecule has 1 rings (SSSR count). The maximum atomic E-state index is 13.1. The molecule has 1 amide bonds. The number of anilines is 1. The van der Waals surface area contributed by atoms with E-state index in [9.17, 15) is 17.6 Å². The van der Waals surface area contributed by atoms with Gasteiger partial charge in [0.25, 0.3) is 0 Å². The number of benzene rings is 1. The number of amides is 1. The van der Waals surface area contributed by atoms with Gasteiger partial charge in [0.1, 0.15) is 11.9 Å². The number of nitrogens with zero attached hydrogens (tertiary/aromatic N) is 1. The zero-order valence-corrected chi connectivity index (χ0v) is 11.5. The molecule has 0 heterocycles. The molecule has 9 heteroatoms. The Balaban J connectivity index is 2.82. The van der Waals surface area contributed by atoms with Gasteiger partial charge >= 0.3 is 16.3 Å². The smallest absolute Gasteiger partial charge is 0.422 e. The molecule has 0 radical (unpaired) electrons. The molecule has 1 aromatic rings. The fraction of sp³-hybridized carbons (Fsp3) is 0.273. The highest BCUT2D eigenvalue weighted by Gasteiger charge is 2.17. The van der Waals surface area contributed by atoms with Crippen molar-refractivity contribution in [2.24, 2.45) is 0 Å². The summed E-state index contributed by atoms with van der Waals surface area (Å²) in [6.07, 6.45) is -1.63. The number of hydrogen-bond acceptors (Lipinski definition) is 5. The standard InChI is InChI=1S/C11H12FN3O4S/c1-7(2)19-11(16)15-20(17,18)14-9-3-4-10(12)8(5-9)6-13/h3-5,7,14H,1-2H3,(H,15,16). The number of halogens is 1. The predicted octanol–water partition coefficient (Wildman–Crippen LogP) is 1.49. The van der Waals surface area contributed by atoms with Crippen molar-refractivity contribution in [1.29, 1.82) is 5.26 Å². The Morgan fingerprint density at radius 2 is 2.10 bits per heavy atom. The summed E-state index contributed by atoms with van der Waals surface area (Å²) < 4.78 is 44.4. The Morgan fingerprint density at radius 3 is 2.65 bits per heavy atom. The highest BCUT2D eigenvalue weighted by Crippen LogP contribution is 2.14. The van der Waals surface area contributed by atoms with E-state index in [1.165, 1.54) is 0 Å². The van der Waals surface area contributed by atoms with E-state index >= 15 is 0 Å². The monoisotopic (exact) mass is 301 g/mol. The molecule has 0 aliphatic carbocycles. The first-order chi connectivity index (χ1) is 9.23.